The van der Waals surface area contributed by atoms with Gasteiger partial charge in [-0.15, -0.1) is 11.3 Å². The second-order valence-electron chi connectivity index (χ2n) is 4.21. The number of hydrogen-bond donors (Lipinski definition) is 1. The van der Waals surface area contributed by atoms with Gasteiger partial charge < -0.3 is 9.30 Å². The van der Waals surface area contributed by atoms with Crippen molar-refractivity contribution in [3.05, 3.63) is 48.8 Å². The Morgan fingerprint density at radius 2 is 2.00 bits per heavy atom. The molecule has 0 radical (unpaired) electrons. The summed E-state index contributed by atoms with van der Waals surface area (Å²) in [6.07, 6.45) is 3.50. The fourth-order valence-corrected chi connectivity index (χ4v) is 3.20. The largest absolute Gasteiger partial charge is 0.450 e. The summed E-state index contributed by atoms with van der Waals surface area (Å²) in [5, 5.41) is 4.73. The number of anilines is 1. The van der Waals surface area contributed by atoms with Gasteiger partial charge in [0.25, 0.3) is 0 Å². The van der Waals surface area contributed by atoms with Crippen LogP contribution in [0.4, 0.5) is 9.80 Å². The first-order valence-corrected chi connectivity index (χ1v) is 7.20. The Hall–Kier alpha value is -2.27. The monoisotopic (exact) mass is 286 g/mol. The molecule has 2 heterocycles. The molecule has 3 rings (SSSR count). The lowest BCUT2D eigenvalue weighted by Gasteiger charge is -2.07. The Bertz CT molecular complexity index is 732. The molecular weight excluding hydrogens is 272 g/mol. The highest BCUT2D eigenvalue weighted by molar-refractivity contribution is 7.23. The fraction of sp³-hybridized carbons (Fsp3) is 0.133. The number of aromatic nitrogens is 1. The van der Waals surface area contributed by atoms with Crippen molar-refractivity contribution in [2.45, 2.75) is 6.92 Å². The third kappa shape index (κ3) is 2.28. The van der Waals surface area contributed by atoms with Crippen LogP contribution in [0.1, 0.15) is 6.92 Å². The molecule has 0 bridgehead atoms. The normalized spacial score (nSPS) is 10.7. The maximum absolute atomic E-state index is 11.7. The second-order valence-corrected chi connectivity index (χ2v) is 5.26. The molecule has 0 atom stereocenters. The Morgan fingerprint density at radius 3 is 2.75 bits per heavy atom. The van der Waals surface area contributed by atoms with E-state index < -0.39 is 6.09 Å². The average molecular weight is 286 g/mol. The summed E-state index contributed by atoms with van der Waals surface area (Å²) in [7, 11) is 0. The molecule has 0 fully saturated rings. The van der Waals surface area contributed by atoms with Crippen LogP contribution in [-0.4, -0.2) is 17.3 Å². The van der Waals surface area contributed by atoms with Crippen LogP contribution >= 0.6 is 11.3 Å². The van der Waals surface area contributed by atoms with E-state index in [1.54, 1.807) is 18.3 Å². The van der Waals surface area contributed by atoms with Gasteiger partial charge in [-0.1, -0.05) is 18.2 Å². The molecule has 5 heteroatoms. The molecule has 0 aliphatic heterocycles. The molecule has 0 aliphatic rings. The molecule has 2 aromatic heterocycles. The molecule has 1 amide bonds. The van der Waals surface area contributed by atoms with E-state index in [1.165, 1.54) is 0 Å². The molecule has 0 saturated heterocycles. The number of hydrogen-bond acceptors (Lipinski definition) is 3. The van der Waals surface area contributed by atoms with Crippen LogP contribution in [0.3, 0.4) is 0 Å². The number of ether oxygens (including phenoxy) is 1. The Morgan fingerprint density at radius 1 is 1.25 bits per heavy atom. The number of nitrogens with one attached hydrogen (secondary N) is 1. The van der Waals surface area contributed by atoms with E-state index in [2.05, 4.69) is 11.4 Å². The predicted molar refractivity (Wildman–Crippen MR) is 81.8 cm³/mol. The third-order valence-corrected chi connectivity index (χ3v) is 4.00. The smallest absolute Gasteiger partial charge is 0.412 e. The van der Waals surface area contributed by atoms with E-state index >= 15 is 0 Å². The maximum atomic E-state index is 11.7. The predicted octanol–water partition coefficient (Wildman–Crippen LogP) is 4.26. The van der Waals surface area contributed by atoms with Crippen LogP contribution in [0.2, 0.25) is 0 Å². The minimum absolute atomic E-state index is 0.357. The number of amides is 1. The van der Waals surface area contributed by atoms with E-state index in [1.807, 2.05) is 47.3 Å². The average Bonchev–Trinajstić information content (AvgIpc) is 3.04. The van der Waals surface area contributed by atoms with Crippen molar-refractivity contribution in [3.63, 3.8) is 0 Å². The lowest BCUT2D eigenvalue weighted by Crippen LogP contribution is -2.13. The number of fused-ring (bicyclic) bond motifs is 1. The summed E-state index contributed by atoms with van der Waals surface area (Å²) in [5.74, 6) is 0. The maximum Gasteiger partial charge on any atom is 0.412 e. The van der Waals surface area contributed by atoms with Crippen LogP contribution in [0.15, 0.2) is 48.8 Å². The van der Waals surface area contributed by atoms with Crippen molar-refractivity contribution >= 4 is 32.5 Å². The highest BCUT2D eigenvalue weighted by Gasteiger charge is 2.15. The summed E-state index contributed by atoms with van der Waals surface area (Å²) in [6, 6.07) is 12.0. The number of carbonyl (C=O) groups excluding carboxylic acids is 1. The van der Waals surface area contributed by atoms with Gasteiger partial charge >= 0.3 is 6.09 Å². The molecule has 0 saturated carbocycles. The molecule has 1 N–H and O–H groups in total. The summed E-state index contributed by atoms with van der Waals surface area (Å²) in [5.41, 5.74) is 0.976. The van der Waals surface area contributed by atoms with Gasteiger partial charge in [0, 0.05) is 22.5 Å². The van der Waals surface area contributed by atoms with Crippen LogP contribution in [0.25, 0.3) is 15.8 Å². The summed E-state index contributed by atoms with van der Waals surface area (Å²) < 4.78 is 8.09. The number of rotatable bonds is 3. The van der Waals surface area contributed by atoms with Gasteiger partial charge in [0.1, 0.15) is 5.00 Å². The second kappa shape index (κ2) is 5.38. The van der Waals surface area contributed by atoms with Gasteiger partial charge in [0.15, 0.2) is 0 Å². The van der Waals surface area contributed by atoms with Crippen LogP contribution < -0.4 is 5.32 Å². The molecule has 0 unspecified atom stereocenters. The molecular formula is C15H14N2O2S. The number of carbonyl (C=O) groups is 1. The van der Waals surface area contributed by atoms with Crippen LogP contribution in [0, 0.1) is 0 Å². The molecule has 4 nitrogen and oxygen atoms in total. The minimum Gasteiger partial charge on any atom is -0.450 e. The molecule has 3 aromatic rings. The van der Waals surface area contributed by atoms with Crippen molar-refractivity contribution in [2.24, 2.45) is 0 Å². The van der Waals surface area contributed by atoms with Crippen LogP contribution in [-0.2, 0) is 4.74 Å². The van der Waals surface area contributed by atoms with Crippen LogP contribution in [0.5, 0.6) is 0 Å². The molecule has 0 aliphatic carbocycles. The third-order valence-electron chi connectivity index (χ3n) is 2.92. The van der Waals surface area contributed by atoms with E-state index in [4.69, 9.17) is 4.74 Å². The van der Waals surface area contributed by atoms with Gasteiger partial charge in [-0.2, -0.15) is 0 Å². The summed E-state index contributed by atoms with van der Waals surface area (Å²) in [6.45, 7) is 2.15. The SMILES string of the molecule is CCOC(=O)Nc1sc2ccccc2c1-n1cccc1. The quantitative estimate of drug-likeness (QED) is 0.781. The van der Waals surface area contributed by atoms with Gasteiger partial charge in [-0.3, -0.25) is 5.32 Å². The highest BCUT2D eigenvalue weighted by Crippen LogP contribution is 2.38. The first kappa shape index (κ1) is 12.7. The number of thiophene rings is 1. The van der Waals surface area contributed by atoms with E-state index in [9.17, 15) is 4.79 Å². The standard InChI is InChI=1S/C15H14N2O2S/c1-2-19-15(18)16-14-13(17-9-5-6-10-17)11-7-3-4-8-12(11)20-14/h3-10H,2H2,1H3,(H,16,18). The van der Waals surface area contributed by atoms with Gasteiger partial charge in [0.2, 0.25) is 0 Å². The Balaban J connectivity index is 2.11. The first-order chi connectivity index (χ1) is 9.79. The number of nitrogens with zero attached hydrogens (tertiary/aromatic N) is 1. The minimum atomic E-state index is -0.424. The van der Waals surface area contributed by atoms with E-state index in [0.29, 0.717) is 6.61 Å². The zero-order chi connectivity index (χ0) is 13.9. The van der Waals surface area contributed by atoms with Crippen molar-refractivity contribution < 1.29 is 9.53 Å². The molecule has 0 spiro atoms. The fourth-order valence-electron chi connectivity index (χ4n) is 2.12. The zero-order valence-corrected chi connectivity index (χ0v) is 11.8. The first-order valence-electron chi connectivity index (χ1n) is 6.38. The van der Waals surface area contributed by atoms with E-state index in [0.717, 1.165) is 20.8 Å². The Kier molecular flexibility index (Phi) is 3.43. The van der Waals surface area contributed by atoms with Gasteiger partial charge in [-0.05, 0) is 25.1 Å². The topological polar surface area (TPSA) is 43.3 Å². The zero-order valence-electron chi connectivity index (χ0n) is 11.0. The summed E-state index contributed by atoms with van der Waals surface area (Å²) in [4.78, 5) is 11.7. The van der Waals surface area contributed by atoms with Crippen molar-refractivity contribution in [2.75, 3.05) is 11.9 Å². The van der Waals surface area contributed by atoms with E-state index in [-0.39, 0.29) is 0 Å². The number of benzene rings is 1. The molecule has 102 valence electrons. The molecule has 1 aromatic carbocycles. The highest BCUT2D eigenvalue weighted by atomic mass is 32.1. The summed E-state index contributed by atoms with van der Waals surface area (Å²) >= 11 is 1.54. The van der Waals surface area contributed by atoms with Crippen molar-refractivity contribution in [3.8, 4) is 5.69 Å². The van der Waals surface area contributed by atoms with Gasteiger partial charge in [0.05, 0.1) is 12.3 Å². The lowest BCUT2D eigenvalue weighted by molar-refractivity contribution is 0.168. The van der Waals surface area contributed by atoms with Crippen molar-refractivity contribution in [1.29, 1.82) is 0 Å². The van der Waals surface area contributed by atoms with Gasteiger partial charge in [-0.25, -0.2) is 4.79 Å². The van der Waals surface area contributed by atoms with Crippen molar-refractivity contribution in [1.82, 2.24) is 4.57 Å². The lowest BCUT2D eigenvalue weighted by atomic mass is 10.2. The Labute approximate surface area is 120 Å². The molecule has 20 heavy (non-hydrogen) atoms.